The summed E-state index contributed by atoms with van der Waals surface area (Å²) >= 11 is 0. The van der Waals surface area contributed by atoms with Crippen molar-refractivity contribution in [1.29, 1.82) is 0 Å². The van der Waals surface area contributed by atoms with Gasteiger partial charge in [0.25, 0.3) is 6.71 Å². The molecule has 0 spiro atoms. The van der Waals surface area contributed by atoms with Crippen LogP contribution in [0.5, 0.6) is 0 Å². The normalized spacial score (nSPS) is 19.4. The predicted octanol–water partition coefficient (Wildman–Crippen LogP) is 20.0. The first-order valence-electron chi connectivity index (χ1n) is 31.3. The predicted molar refractivity (Wildman–Crippen MR) is 360 cm³/mol. The van der Waals surface area contributed by atoms with Crippen LogP contribution in [0.4, 0.5) is 45.5 Å². The van der Waals surface area contributed by atoms with Crippen LogP contribution < -0.4 is 31.1 Å². The van der Waals surface area contributed by atoms with Crippen LogP contribution in [0.1, 0.15) is 202 Å². The molecule has 2 atom stereocenters. The number of rotatable bonds is 5. The second-order valence-corrected chi connectivity index (χ2v) is 31.9. The Morgan fingerprint density at radius 3 is 1.52 bits per heavy atom. The second kappa shape index (κ2) is 18.1. The summed E-state index contributed by atoms with van der Waals surface area (Å²) in [7, 11) is 0. The van der Waals surface area contributed by atoms with Gasteiger partial charge in [-0.05, 0) is 173 Å². The fraction of sp³-hybridized carbons (Fsp3) is 0.392. The fourth-order valence-electron chi connectivity index (χ4n) is 15.7. The Morgan fingerprint density at radius 1 is 0.410 bits per heavy atom. The lowest BCUT2D eigenvalue weighted by molar-refractivity contribution is 0.195. The van der Waals surface area contributed by atoms with Gasteiger partial charge in [0, 0.05) is 50.5 Å². The SMILES string of the molecule is CC(C)(C)c1ccc(N(c2ccc(C(C)(C)C)cc2)c2cc3c4c(c2)N2c5c(cc(C(C)(C)C)cc5C5(C)CCCCC25C)B4c2ccc4c(c2N3c2ccc(C(C)(C)C)cc2-c2ccccc2)C(C)(C)c2cc(C(C)(C)C)ccc2-4)cc1. The Morgan fingerprint density at radius 2 is 0.928 bits per heavy atom. The Balaban J connectivity index is 1.22. The first kappa shape index (κ1) is 55.4. The van der Waals surface area contributed by atoms with E-state index >= 15 is 0 Å². The van der Waals surface area contributed by atoms with Crippen molar-refractivity contribution in [2.75, 3.05) is 14.7 Å². The molecule has 1 fully saturated rings. The van der Waals surface area contributed by atoms with Gasteiger partial charge in [-0.15, -0.1) is 0 Å². The number of hydrogen-bond acceptors (Lipinski definition) is 3. The lowest BCUT2D eigenvalue weighted by atomic mass is 9.33. The van der Waals surface area contributed by atoms with Gasteiger partial charge in [0.05, 0.1) is 16.9 Å². The Bertz CT molecular complexity index is 3880. The van der Waals surface area contributed by atoms with Crippen LogP contribution in [0.2, 0.25) is 0 Å². The van der Waals surface area contributed by atoms with Crippen LogP contribution in [0.25, 0.3) is 22.3 Å². The Labute approximate surface area is 499 Å². The number of anilines is 8. The van der Waals surface area contributed by atoms with Crippen LogP contribution in [-0.4, -0.2) is 12.3 Å². The van der Waals surface area contributed by atoms with Crippen molar-refractivity contribution >= 4 is 68.6 Å². The Kier molecular flexibility index (Phi) is 12.1. The maximum Gasteiger partial charge on any atom is 0.252 e. The molecular weight excluding hydrogens is 1000 g/mol. The summed E-state index contributed by atoms with van der Waals surface area (Å²) in [6, 6.07) is 60.9. The molecule has 1 saturated carbocycles. The van der Waals surface area contributed by atoms with Gasteiger partial charge in [-0.2, -0.15) is 0 Å². The molecule has 13 rings (SSSR count). The smallest absolute Gasteiger partial charge is 0.252 e. The molecule has 8 aromatic carbocycles. The van der Waals surface area contributed by atoms with Crippen molar-refractivity contribution in [1.82, 2.24) is 0 Å². The van der Waals surface area contributed by atoms with Gasteiger partial charge < -0.3 is 14.7 Å². The quantitative estimate of drug-likeness (QED) is 0.159. The molecule has 0 saturated heterocycles. The monoisotopic (exact) mass is 1090 g/mol. The van der Waals surface area contributed by atoms with Gasteiger partial charge in [-0.1, -0.05) is 241 Å². The van der Waals surface area contributed by atoms with Gasteiger partial charge in [0.1, 0.15) is 0 Å². The standard InChI is InChI=1S/C79H90BN3/c1-72(2,3)50-27-33-55(34-28-50)81(56-35-29-51(30-36-56)73(4,5)6)57-47-66-69-67(48-57)83-70-62(78(18)41-23-24-42-79(78,83)19)45-54(76(13,14)15)46-64(70)80(69)63-39-38-59-58-37-31-53(75(10,11)12)44-61(58)77(16,17)68(59)71(63)82(66)65-40-32-52(74(7,8)9)43-60(65)49-25-21-20-22-26-49/h20-22,25-40,43-48H,23-24,41-42H2,1-19H3. The van der Waals surface area contributed by atoms with Gasteiger partial charge >= 0.3 is 0 Å². The van der Waals surface area contributed by atoms with Crippen LogP contribution in [0.15, 0.2) is 152 Å². The molecular formula is C79H90BN3. The zero-order valence-electron chi connectivity index (χ0n) is 53.7. The Hall–Kier alpha value is -6.78. The van der Waals surface area contributed by atoms with E-state index in [2.05, 4.69) is 298 Å². The highest BCUT2D eigenvalue weighted by Crippen LogP contribution is 2.64. The van der Waals surface area contributed by atoms with E-state index in [9.17, 15) is 0 Å². The average Bonchev–Trinajstić information content (AvgIpc) is 1.60. The van der Waals surface area contributed by atoms with E-state index in [0.717, 1.165) is 17.8 Å². The maximum absolute atomic E-state index is 2.94. The van der Waals surface area contributed by atoms with Crippen molar-refractivity contribution in [3.8, 4) is 22.3 Å². The first-order valence-corrected chi connectivity index (χ1v) is 31.3. The van der Waals surface area contributed by atoms with E-state index in [1.54, 1.807) is 5.56 Å². The fourth-order valence-corrected chi connectivity index (χ4v) is 15.7. The topological polar surface area (TPSA) is 9.72 Å². The number of hydrogen-bond donors (Lipinski definition) is 0. The van der Waals surface area contributed by atoms with Gasteiger partial charge in [-0.25, -0.2) is 0 Å². The van der Waals surface area contributed by atoms with Crippen molar-refractivity contribution in [3.63, 3.8) is 0 Å². The van der Waals surface area contributed by atoms with Crippen LogP contribution >= 0.6 is 0 Å². The molecule has 0 bridgehead atoms. The minimum atomic E-state index is -0.340. The molecule has 0 amide bonds. The largest absolute Gasteiger partial charge is 0.335 e. The van der Waals surface area contributed by atoms with Crippen molar-refractivity contribution in [2.24, 2.45) is 0 Å². The maximum atomic E-state index is 2.94. The zero-order chi connectivity index (χ0) is 59.1. The molecule has 3 nitrogen and oxygen atoms in total. The number of fused-ring (bicyclic) bond motifs is 11. The molecule has 0 radical (unpaired) electrons. The third kappa shape index (κ3) is 8.32. The average molecular weight is 1090 g/mol. The highest BCUT2D eigenvalue weighted by atomic mass is 15.3. The number of nitrogens with zero attached hydrogens (tertiary/aromatic N) is 3. The molecule has 2 aliphatic carbocycles. The van der Waals surface area contributed by atoms with E-state index in [4.69, 9.17) is 0 Å². The highest BCUT2D eigenvalue weighted by Gasteiger charge is 2.62. The third-order valence-electron chi connectivity index (χ3n) is 20.9. The van der Waals surface area contributed by atoms with Gasteiger partial charge in [0.15, 0.2) is 0 Å². The lowest BCUT2D eigenvalue weighted by Crippen LogP contribution is -2.65. The summed E-state index contributed by atoms with van der Waals surface area (Å²) in [5, 5.41) is 0. The molecule has 3 heterocycles. The van der Waals surface area contributed by atoms with Crippen LogP contribution in [0.3, 0.4) is 0 Å². The second-order valence-electron chi connectivity index (χ2n) is 31.9. The summed E-state index contributed by atoms with van der Waals surface area (Å²) in [6.45, 7) is 45.7. The first-order chi connectivity index (χ1) is 38.8. The van der Waals surface area contributed by atoms with E-state index in [-0.39, 0.29) is 50.2 Å². The molecule has 424 valence electrons. The molecule has 2 unspecified atom stereocenters. The summed E-state index contributed by atoms with van der Waals surface area (Å²) in [5.41, 5.74) is 30.0. The summed E-state index contributed by atoms with van der Waals surface area (Å²) in [4.78, 5) is 8.33. The molecule has 0 aromatic heterocycles. The van der Waals surface area contributed by atoms with E-state index in [0.29, 0.717) is 0 Å². The molecule has 3 aliphatic heterocycles. The summed E-state index contributed by atoms with van der Waals surface area (Å²) < 4.78 is 0. The minimum absolute atomic E-state index is 0.000637. The molecule has 8 aromatic rings. The zero-order valence-corrected chi connectivity index (χ0v) is 53.7. The minimum Gasteiger partial charge on any atom is -0.335 e. The van der Waals surface area contributed by atoms with Crippen LogP contribution in [0, 0.1) is 0 Å². The van der Waals surface area contributed by atoms with E-state index < -0.39 is 0 Å². The lowest BCUT2D eigenvalue weighted by Gasteiger charge is -2.53. The van der Waals surface area contributed by atoms with Gasteiger partial charge in [0.2, 0.25) is 0 Å². The summed E-state index contributed by atoms with van der Waals surface area (Å²) in [6.07, 6.45) is 4.74. The number of benzene rings is 8. The van der Waals surface area contributed by atoms with E-state index in [1.807, 2.05) is 0 Å². The third-order valence-corrected chi connectivity index (χ3v) is 20.9. The highest BCUT2D eigenvalue weighted by molar-refractivity contribution is 7.00. The molecule has 0 N–H and O–H groups in total. The van der Waals surface area contributed by atoms with Crippen LogP contribution in [-0.2, 0) is 37.9 Å². The molecule has 4 heteroatoms. The van der Waals surface area contributed by atoms with Crippen molar-refractivity contribution < 1.29 is 0 Å². The van der Waals surface area contributed by atoms with Crippen molar-refractivity contribution in [2.45, 2.75) is 201 Å². The molecule has 83 heavy (non-hydrogen) atoms. The van der Waals surface area contributed by atoms with E-state index in [1.165, 1.54) is 131 Å². The summed E-state index contributed by atoms with van der Waals surface area (Å²) in [5.74, 6) is 0. The van der Waals surface area contributed by atoms with Gasteiger partial charge in [-0.3, -0.25) is 0 Å². The van der Waals surface area contributed by atoms with Crippen molar-refractivity contribution in [3.05, 3.63) is 196 Å². The molecule has 5 aliphatic rings.